The number of hydrogen-bond acceptors (Lipinski definition) is 4. The molecule has 138 valence electrons. The van der Waals surface area contributed by atoms with Crippen molar-refractivity contribution in [3.8, 4) is 0 Å². The van der Waals surface area contributed by atoms with Crippen molar-refractivity contribution in [2.75, 3.05) is 39.5 Å². The molecule has 0 heterocycles. The zero-order valence-electron chi connectivity index (χ0n) is 13.4. The first kappa shape index (κ1) is 20.8. The average Bonchev–Trinajstić information content (AvgIpc) is 2.57. The molecule has 0 aliphatic carbocycles. The molecule has 0 aliphatic heterocycles. The summed E-state index contributed by atoms with van der Waals surface area (Å²) in [5, 5.41) is 2.57. The number of alkyl halides is 3. The van der Waals surface area contributed by atoms with E-state index in [1.165, 1.54) is 12.1 Å². The topological polar surface area (TPSA) is 110 Å². The van der Waals surface area contributed by atoms with E-state index in [1.54, 1.807) is 0 Å². The van der Waals surface area contributed by atoms with E-state index < -0.39 is 17.8 Å². The molecule has 1 amide bonds. The largest absolute Gasteiger partial charge is 0.495 e. The predicted molar refractivity (Wildman–Crippen MR) is 83.3 cm³/mol. The minimum atomic E-state index is -4.79. The molecule has 0 fully saturated rings. The van der Waals surface area contributed by atoms with Crippen molar-refractivity contribution in [1.82, 2.24) is 5.32 Å². The lowest BCUT2D eigenvalue weighted by atomic mass is 10.1. The molecule has 1 rings (SSSR count). The van der Waals surface area contributed by atoms with Gasteiger partial charge in [0.05, 0.1) is 32.0 Å². The molecular weight excluding hydrogens is 341 g/mol. The average molecular weight is 360 g/mol. The van der Waals surface area contributed by atoms with Crippen molar-refractivity contribution in [2.24, 2.45) is 5.73 Å². The van der Waals surface area contributed by atoms with Gasteiger partial charge in [-0.05, 0) is 24.3 Å². The molecule has 0 bridgehead atoms. The Labute approximate surface area is 142 Å². The van der Waals surface area contributed by atoms with Crippen LogP contribution in [0, 0.1) is 0 Å². The van der Waals surface area contributed by atoms with Gasteiger partial charge in [-0.3, -0.25) is 4.79 Å². The minimum Gasteiger partial charge on any atom is -0.378 e. The van der Waals surface area contributed by atoms with Crippen LogP contribution in [-0.2, 0) is 9.47 Å². The lowest BCUT2D eigenvalue weighted by Crippen LogP contribution is -2.28. The number of carbonyl (C=O) groups excluding carboxylic acids is 1. The van der Waals surface area contributed by atoms with E-state index in [1.807, 2.05) is 0 Å². The molecule has 10 heteroatoms. The summed E-state index contributed by atoms with van der Waals surface area (Å²) in [6.07, 6.45) is -4.79. The lowest BCUT2D eigenvalue weighted by molar-refractivity contribution is -0.111. The van der Waals surface area contributed by atoms with Gasteiger partial charge >= 0.3 is 11.9 Å². The fourth-order valence-corrected chi connectivity index (χ4v) is 1.80. The molecule has 1 aromatic rings. The molecule has 0 aliphatic rings. The number of amides is 1. The first-order chi connectivity index (χ1) is 11.9. The highest BCUT2D eigenvalue weighted by Crippen LogP contribution is 2.21. The van der Waals surface area contributed by atoms with E-state index in [9.17, 15) is 18.0 Å². The first-order valence-electron chi connectivity index (χ1n) is 7.43. The van der Waals surface area contributed by atoms with E-state index in [2.05, 4.69) is 10.1 Å². The lowest BCUT2D eigenvalue weighted by Gasteiger charge is -2.07. The fraction of sp³-hybridized carbons (Fsp3) is 0.467. The molecule has 1 aromatic carbocycles. The second-order valence-corrected chi connectivity index (χ2v) is 4.79. The molecule has 3 N–H and O–H groups in total. The second-order valence-electron chi connectivity index (χ2n) is 4.79. The van der Waals surface area contributed by atoms with Gasteiger partial charge in [0.2, 0.25) is 0 Å². The Balaban J connectivity index is 2.41. The Morgan fingerprint density at radius 1 is 1.08 bits per heavy atom. The molecular formula is C15H19F3N4O3. The Kier molecular flexibility index (Phi) is 8.79. The molecule has 0 aromatic heterocycles. The second kappa shape index (κ2) is 10.6. The van der Waals surface area contributed by atoms with Gasteiger partial charge in [0.1, 0.15) is 0 Å². The Bertz CT molecular complexity index is 599. The van der Waals surface area contributed by atoms with Crippen molar-refractivity contribution in [2.45, 2.75) is 6.18 Å². The number of nitrogens with one attached hydrogen (secondary N) is 1. The molecule has 0 saturated heterocycles. The van der Waals surface area contributed by atoms with Crippen LogP contribution in [0.3, 0.4) is 0 Å². The van der Waals surface area contributed by atoms with Gasteiger partial charge in [0, 0.05) is 18.7 Å². The highest BCUT2D eigenvalue weighted by Gasteiger charge is 2.45. The van der Waals surface area contributed by atoms with Crippen molar-refractivity contribution in [3.05, 3.63) is 40.9 Å². The number of benzene rings is 1. The molecule has 25 heavy (non-hydrogen) atoms. The molecule has 0 atom stereocenters. The van der Waals surface area contributed by atoms with Crippen LogP contribution >= 0.6 is 0 Å². The number of carbonyl (C=O) groups is 1. The summed E-state index contributed by atoms with van der Waals surface area (Å²) >= 11 is 0. The molecule has 0 radical (unpaired) electrons. The summed E-state index contributed by atoms with van der Waals surface area (Å²) in [7, 11) is 0. The van der Waals surface area contributed by atoms with Crippen LogP contribution in [-0.4, -0.2) is 62.1 Å². The summed E-state index contributed by atoms with van der Waals surface area (Å²) in [6.45, 7) is 2.16. The van der Waals surface area contributed by atoms with Crippen molar-refractivity contribution >= 4 is 11.6 Å². The number of nitrogens with two attached hydrogens (primary N) is 1. The minimum absolute atomic E-state index is 0.175. The number of rotatable bonds is 10. The monoisotopic (exact) mass is 360 g/mol. The fourth-order valence-electron chi connectivity index (χ4n) is 1.80. The zero-order valence-corrected chi connectivity index (χ0v) is 13.4. The van der Waals surface area contributed by atoms with Crippen LogP contribution in [0.15, 0.2) is 24.3 Å². The Morgan fingerprint density at radius 2 is 1.64 bits per heavy atom. The third kappa shape index (κ3) is 7.44. The summed E-state index contributed by atoms with van der Waals surface area (Å²) in [5.74, 6) is -0.455. The smallest absolute Gasteiger partial charge is 0.378 e. The molecule has 0 spiro atoms. The van der Waals surface area contributed by atoms with E-state index in [0.29, 0.717) is 26.4 Å². The van der Waals surface area contributed by atoms with Gasteiger partial charge < -0.3 is 26.1 Å². The first-order valence-corrected chi connectivity index (χ1v) is 7.43. The maximum atomic E-state index is 12.6. The van der Waals surface area contributed by atoms with Crippen LogP contribution in [0.5, 0.6) is 0 Å². The van der Waals surface area contributed by atoms with Crippen LogP contribution in [0.2, 0.25) is 0 Å². The van der Waals surface area contributed by atoms with Crippen molar-refractivity contribution in [1.29, 1.82) is 0 Å². The van der Waals surface area contributed by atoms with E-state index in [0.717, 1.165) is 12.1 Å². The summed E-state index contributed by atoms with van der Waals surface area (Å²) in [6, 6.07) is 4.54. The van der Waals surface area contributed by atoms with Gasteiger partial charge in [-0.15, -0.1) is 0 Å². The number of ether oxygens (including phenoxy) is 2. The highest BCUT2D eigenvalue weighted by atomic mass is 19.4. The van der Waals surface area contributed by atoms with Gasteiger partial charge in [-0.25, -0.2) is 0 Å². The van der Waals surface area contributed by atoms with Gasteiger partial charge in [-0.2, -0.15) is 18.0 Å². The zero-order chi connectivity index (χ0) is 18.7. The number of hydrogen-bond donors (Lipinski definition) is 2. The summed E-state index contributed by atoms with van der Waals surface area (Å²) < 4.78 is 48.1. The van der Waals surface area contributed by atoms with Crippen molar-refractivity contribution in [3.63, 3.8) is 0 Å². The maximum Gasteiger partial charge on any atom is 0.495 e. The van der Waals surface area contributed by atoms with Crippen LogP contribution in [0.4, 0.5) is 13.2 Å². The Morgan fingerprint density at radius 3 is 2.16 bits per heavy atom. The van der Waals surface area contributed by atoms with E-state index in [-0.39, 0.29) is 24.3 Å². The van der Waals surface area contributed by atoms with Crippen LogP contribution in [0.1, 0.15) is 15.9 Å². The van der Waals surface area contributed by atoms with Crippen LogP contribution < -0.4 is 11.1 Å². The maximum absolute atomic E-state index is 12.6. The van der Waals surface area contributed by atoms with Crippen LogP contribution in [0.25, 0.3) is 5.53 Å². The Hall–Kier alpha value is -2.26. The summed E-state index contributed by atoms with van der Waals surface area (Å²) in [4.78, 5) is 14.1. The van der Waals surface area contributed by atoms with Gasteiger partial charge in [-0.1, -0.05) is 0 Å². The number of halogens is 3. The normalized spacial score (nSPS) is 11.0. The quantitative estimate of drug-likeness (QED) is 0.281. The number of nitrogens with zero attached hydrogens (tertiary/aromatic N) is 2. The molecule has 0 saturated carbocycles. The van der Waals surface area contributed by atoms with E-state index >= 15 is 0 Å². The third-order valence-corrected chi connectivity index (χ3v) is 2.96. The summed E-state index contributed by atoms with van der Waals surface area (Å²) in [5.41, 5.74) is 12.1. The predicted octanol–water partition coefficient (Wildman–Crippen LogP) is 0.990. The third-order valence-electron chi connectivity index (χ3n) is 2.96. The van der Waals surface area contributed by atoms with E-state index in [4.69, 9.17) is 20.7 Å². The molecule has 0 unspecified atom stereocenters. The SMILES string of the molecule is [N-]=[N+]=C(c1ccc(C(=O)NCCOCCOCCN)cc1)C(F)(F)F. The van der Waals surface area contributed by atoms with Gasteiger partial charge in [0.25, 0.3) is 5.91 Å². The van der Waals surface area contributed by atoms with Gasteiger partial charge in [0.15, 0.2) is 0 Å². The van der Waals surface area contributed by atoms with Crippen molar-refractivity contribution < 1.29 is 32.2 Å². The molecule has 7 nitrogen and oxygen atoms in total. The highest BCUT2D eigenvalue weighted by molar-refractivity contribution is 6.01. The standard InChI is InChI=1S/C15H19F3N4O3/c16-15(17,18)13(22-20)11-1-3-12(4-2-11)14(23)21-6-8-25-10-9-24-7-5-19/h1-4H,5-10,19H2,(H,21,23).